The number of rotatable bonds is 3. The molecule has 2 aromatic rings. The molecule has 0 aromatic carbocycles. The van der Waals surface area contributed by atoms with Crippen molar-refractivity contribution in [3.8, 4) is 0 Å². The number of thiophene rings is 1. The van der Waals surface area contributed by atoms with Crippen LogP contribution in [0.15, 0.2) is 17.5 Å². The third kappa shape index (κ3) is 2.87. The zero-order valence-corrected chi connectivity index (χ0v) is 11.1. The smallest absolute Gasteiger partial charge is 0.267 e. The van der Waals surface area contributed by atoms with Gasteiger partial charge < -0.3 is 5.73 Å². The number of carbonyl (C=O) groups excluding carboxylic acids is 1. The second-order valence-electron chi connectivity index (χ2n) is 4.07. The quantitative estimate of drug-likeness (QED) is 0.892. The summed E-state index contributed by atoms with van der Waals surface area (Å²) in [6.07, 6.45) is 0. The van der Waals surface area contributed by atoms with Gasteiger partial charge in [0.25, 0.3) is 5.91 Å². The number of nitrogens with two attached hydrogens (primary N) is 1. The minimum absolute atomic E-state index is 0.169. The van der Waals surface area contributed by atoms with E-state index in [0.29, 0.717) is 15.0 Å². The number of nitrogens with zero attached hydrogens (tertiary/aromatic N) is 2. The number of nitrogens with one attached hydrogen (secondary N) is 1. The summed E-state index contributed by atoms with van der Waals surface area (Å²) in [6, 6.07) is 3.59. The summed E-state index contributed by atoms with van der Waals surface area (Å²) < 4.78 is 0. The van der Waals surface area contributed by atoms with Gasteiger partial charge in [-0.3, -0.25) is 10.1 Å². The van der Waals surface area contributed by atoms with Crippen LogP contribution in [-0.4, -0.2) is 16.1 Å². The lowest BCUT2D eigenvalue weighted by molar-refractivity contribution is 0.103. The fourth-order valence-electron chi connectivity index (χ4n) is 1.10. The molecule has 0 aliphatic carbocycles. The summed E-state index contributed by atoms with van der Waals surface area (Å²) >= 11 is 2.67. The highest BCUT2D eigenvalue weighted by atomic mass is 32.1. The van der Waals surface area contributed by atoms with Gasteiger partial charge in [0.05, 0.1) is 10.4 Å². The Bertz CT molecular complexity index is 513. The highest BCUT2D eigenvalue weighted by molar-refractivity contribution is 7.16. The maximum Gasteiger partial charge on any atom is 0.267 e. The fourth-order valence-corrected chi connectivity index (χ4v) is 2.47. The Hall–Kier alpha value is -1.31. The van der Waals surface area contributed by atoms with E-state index in [1.54, 1.807) is 6.07 Å². The van der Waals surface area contributed by atoms with E-state index in [1.807, 2.05) is 25.3 Å². The maximum atomic E-state index is 11.7. The zero-order chi connectivity index (χ0) is 12.5. The molecule has 1 amide bonds. The first kappa shape index (κ1) is 12.2. The van der Waals surface area contributed by atoms with E-state index in [0.717, 1.165) is 0 Å². The predicted octanol–water partition coefficient (Wildman–Crippen LogP) is 2.05. The number of amides is 1. The van der Waals surface area contributed by atoms with Crippen molar-refractivity contribution >= 4 is 33.7 Å². The van der Waals surface area contributed by atoms with Gasteiger partial charge in [-0.1, -0.05) is 17.4 Å². The lowest BCUT2D eigenvalue weighted by atomic mass is 10.1. The van der Waals surface area contributed by atoms with E-state index < -0.39 is 5.54 Å². The van der Waals surface area contributed by atoms with Crippen molar-refractivity contribution in [1.29, 1.82) is 0 Å². The molecule has 2 aromatic heterocycles. The topological polar surface area (TPSA) is 80.9 Å². The molecule has 0 atom stereocenters. The van der Waals surface area contributed by atoms with E-state index in [1.165, 1.54) is 22.7 Å². The summed E-state index contributed by atoms with van der Waals surface area (Å²) in [5.74, 6) is -0.169. The van der Waals surface area contributed by atoms with Crippen LogP contribution in [-0.2, 0) is 5.54 Å². The Kier molecular flexibility index (Phi) is 3.23. The summed E-state index contributed by atoms with van der Waals surface area (Å²) in [6.45, 7) is 3.69. The second-order valence-corrected chi connectivity index (χ2v) is 5.99. The fraction of sp³-hybridized carbons (Fsp3) is 0.300. The molecule has 90 valence electrons. The van der Waals surface area contributed by atoms with Crippen LogP contribution in [0.3, 0.4) is 0 Å². The molecule has 0 unspecified atom stereocenters. The van der Waals surface area contributed by atoms with Gasteiger partial charge in [0.15, 0.2) is 0 Å². The molecule has 17 heavy (non-hydrogen) atoms. The monoisotopic (exact) mass is 268 g/mol. The molecule has 0 saturated heterocycles. The van der Waals surface area contributed by atoms with Gasteiger partial charge >= 0.3 is 0 Å². The molecular weight excluding hydrogens is 256 g/mol. The first-order valence-electron chi connectivity index (χ1n) is 4.94. The minimum atomic E-state index is -0.538. The summed E-state index contributed by atoms with van der Waals surface area (Å²) in [7, 11) is 0. The summed E-state index contributed by atoms with van der Waals surface area (Å²) in [4.78, 5) is 12.4. The highest BCUT2D eigenvalue weighted by Crippen LogP contribution is 2.24. The SMILES string of the molecule is CC(C)(N)c1nnc(NC(=O)c2cccs2)s1. The van der Waals surface area contributed by atoms with Crippen molar-refractivity contribution in [3.63, 3.8) is 0 Å². The van der Waals surface area contributed by atoms with Crippen molar-refractivity contribution in [2.45, 2.75) is 19.4 Å². The first-order chi connectivity index (χ1) is 7.97. The van der Waals surface area contributed by atoms with E-state index in [-0.39, 0.29) is 5.91 Å². The van der Waals surface area contributed by atoms with Crippen LogP contribution in [0.4, 0.5) is 5.13 Å². The molecule has 0 spiro atoms. The van der Waals surface area contributed by atoms with Gasteiger partial charge in [0.2, 0.25) is 5.13 Å². The van der Waals surface area contributed by atoms with E-state index in [9.17, 15) is 4.79 Å². The van der Waals surface area contributed by atoms with Crippen LogP contribution < -0.4 is 11.1 Å². The van der Waals surface area contributed by atoms with Gasteiger partial charge in [0.1, 0.15) is 5.01 Å². The van der Waals surface area contributed by atoms with Crippen LogP contribution in [0.5, 0.6) is 0 Å². The van der Waals surface area contributed by atoms with Gasteiger partial charge in [-0.2, -0.15) is 0 Å². The lowest BCUT2D eigenvalue weighted by Gasteiger charge is -2.12. The molecule has 5 nitrogen and oxygen atoms in total. The Morgan fingerprint density at radius 2 is 2.24 bits per heavy atom. The molecule has 0 saturated carbocycles. The van der Waals surface area contributed by atoms with Crippen LogP contribution in [0, 0.1) is 0 Å². The number of carbonyl (C=O) groups is 1. The summed E-state index contributed by atoms with van der Waals surface area (Å²) in [5, 5.41) is 13.6. The predicted molar refractivity (Wildman–Crippen MR) is 69.4 cm³/mol. The third-order valence-electron chi connectivity index (χ3n) is 1.94. The third-order valence-corrected chi connectivity index (χ3v) is 3.99. The molecule has 0 fully saturated rings. The average Bonchev–Trinajstić information content (AvgIpc) is 2.85. The van der Waals surface area contributed by atoms with Crippen molar-refractivity contribution in [2.24, 2.45) is 5.73 Å². The standard InChI is InChI=1S/C10H12N4OS2/c1-10(2,11)8-13-14-9(17-8)12-7(15)6-4-3-5-16-6/h3-5H,11H2,1-2H3,(H,12,14,15). The van der Waals surface area contributed by atoms with Crippen molar-refractivity contribution in [2.75, 3.05) is 5.32 Å². The van der Waals surface area contributed by atoms with Crippen molar-refractivity contribution in [3.05, 3.63) is 27.4 Å². The minimum Gasteiger partial charge on any atom is -0.320 e. The van der Waals surface area contributed by atoms with Crippen LogP contribution >= 0.6 is 22.7 Å². The van der Waals surface area contributed by atoms with Crippen molar-refractivity contribution in [1.82, 2.24) is 10.2 Å². The molecular formula is C10H12N4OS2. The van der Waals surface area contributed by atoms with Gasteiger partial charge in [-0.25, -0.2) is 0 Å². The molecule has 0 aliphatic heterocycles. The van der Waals surface area contributed by atoms with Crippen LogP contribution in [0.2, 0.25) is 0 Å². The Balaban J connectivity index is 2.10. The normalized spacial score (nSPS) is 11.5. The molecule has 7 heteroatoms. The van der Waals surface area contributed by atoms with Crippen molar-refractivity contribution < 1.29 is 4.79 Å². The van der Waals surface area contributed by atoms with Gasteiger partial charge in [-0.15, -0.1) is 21.5 Å². The van der Waals surface area contributed by atoms with E-state index in [2.05, 4.69) is 15.5 Å². The second kappa shape index (κ2) is 4.52. The molecule has 3 N–H and O–H groups in total. The maximum absolute atomic E-state index is 11.7. The first-order valence-corrected chi connectivity index (χ1v) is 6.64. The molecule has 2 heterocycles. The van der Waals surface area contributed by atoms with E-state index >= 15 is 0 Å². The molecule has 0 radical (unpaired) electrons. The Labute approximate surface area is 107 Å². The number of anilines is 1. The van der Waals surface area contributed by atoms with Gasteiger partial charge in [-0.05, 0) is 25.3 Å². The zero-order valence-electron chi connectivity index (χ0n) is 9.43. The largest absolute Gasteiger partial charge is 0.320 e. The highest BCUT2D eigenvalue weighted by Gasteiger charge is 2.20. The number of hydrogen-bond acceptors (Lipinski definition) is 6. The van der Waals surface area contributed by atoms with E-state index in [4.69, 9.17) is 5.73 Å². The summed E-state index contributed by atoms with van der Waals surface area (Å²) in [5.41, 5.74) is 5.35. The van der Waals surface area contributed by atoms with Crippen LogP contribution in [0.1, 0.15) is 28.5 Å². The molecule has 2 rings (SSSR count). The number of aromatic nitrogens is 2. The van der Waals surface area contributed by atoms with Crippen LogP contribution in [0.25, 0.3) is 0 Å². The van der Waals surface area contributed by atoms with Gasteiger partial charge in [0, 0.05) is 0 Å². The Morgan fingerprint density at radius 1 is 1.47 bits per heavy atom. The molecule has 0 aliphatic rings. The number of hydrogen-bond donors (Lipinski definition) is 2. The Morgan fingerprint density at radius 3 is 2.76 bits per heavy atom. The average molecular weight is 268 g/mol. The lowest BCUT2D eigenvalue weighted by Crippen LogP contribution is -2.28. The molecule has 0 bridgehead atoms.